The highest BCUT2D eigenvalue weighted by molar-refractivity contribution is 9.10. The summed E-state index contributed by atoms with van der Waals surface area (Å²) in [5.74, 6) is -0.886. The molecule has 4 atom stereocenters. The molecule has 1 aromatic rings. The first-order chi connectivity index (χ1) is 12.8. The summed E-state index contributed by atoms with van der Waals surface area (Å²) in [6, 6.07) is 7.87. The van der Waals surface area contributed by atoms with Crippen molar-refractivity contribution in [3.63, 3.8) is 0 Å². The molecule has 0 heterocycles. The van der Waals surface area contributed by atoms with Crippen molar-refractivity contribution in [1.29, 1.82) is 0 Å². The van der Waals surface area contributed by atoms with E-state index in [1.165, 1.54) is 0 Å². The van der Waals surface area contributed by atoms with E-state index in [1.54, 1.807) is 0 Å². The molecule has 0 aliphatic heterocycles. The van der Waals surface area contributed by atoms with Gasteiger partial charge in [-0.15, -0.1) is 0 Å². The molecule has 2 bridgehead atoms. The Hall–Kier alpha value is -1.66. The zero-order valence-electron chi connectivity index (χ0n) is 15.3. The number of carbonyl (C=O) groups excluding carboxylic acids is 2. The van der Waals surface area contributed by atoms with Crippen LogP contribution in [0.5, 0.6) is 0 Å². The Morgan fingerprint density at radius 1 is 1.00 bits per heavy atom. The summed E-state index contributed by atoms with van der Waals surface area (Å²) in [6.45, 7) is 0.455. The molecule has 1 aromatic carbocycles. The molecule has 0 saturated heterocycles. The number of halogens is 1. The summed E-state index contributed by atoms with van der Waals surface area (Å²) in [6.07, 6.45) is 7.87. The van der Waals surface area contributed by atoms with Crippen molar-refractivity contribution >= 4 is 27.7 Å². The summed E-state index contributed by atoms with van der Waals surface area (Å²) >= 11 is 3.45. The molecule has 2 amide bonds. The molecule has 2 saturated carbocycles. The molecule has 3 aliphatic rings. The average molecular weight is 432 g/mol. The van der Waals surface area contributed by atoms with Crippen LogP contribution in [-0.4, -0.2) is 18.4 Å². The molecule has 0 radical (unpaired) electrons. The second kappa shape index (κ2) is 6.17. The fourth-order valence-corrected chi connectivity index (χ4v) is 6.60. The largest absolute Gasteiger partial charge is 0.369 e. The summed E-state index contributed by atoms with van der Waals surface area (Å²) in [4.78, 5) is 26.2. The Morgan fingerprint density at radius 3 is 2.04 bits per heavy atom. The lowest BCUT2D eigenvalue weighted by atomic mass is 9.53. The van der Waals surface area contributed by atoms with Crippen LogP contribution < -0.4 is 17.2 Å². The maximum Gasteiger partial charge on any atom is 0.225 e. The quantitative estimate of drug-likeness (QED) is 0.575. The minimum Gasteiger partial charge on any atom is -0.369 e. The highest BCUT2D eigenvalue weighted by Crippen LogP contribution is 2.81. The van der Waals surface area contributed by atoms with Crippen LogP contribution in [0.25, 0.3) is 0 Å². The van der Waals surface area contributed by atoms with E-state index in [4.69, 9.17) is 17.2 Å². The van der Waals surface area contributed by atoms with Gasteiger partial charge in [-0.2, -0.15) is 0 Å². The molecule has 27 heavy (non-hydrogen) atoms. The molecule has 5 nitrogen and oxygen atoms in total. The fraction of sp³-hybridized carbons (Fsp3) is 0.524. The number of amides is 2. The lowest BCUT2D eigenvalue weighted by Crippen LogP contribution is -2.60. The molecule has 6 N–H and O–H groups in total. The Bertz CT molecular complexity index is 817. The molecule has 3 aliphatic carbocycles. The topological polar surface area (TPSA) is 112 Å². The first-order valence-corrected chi connectivity index (χ1v) is 10.4. The van der Waals surface area contributed by atoms with Crippen molar-refractivity contribution in [3.8, 4) is 0 Å². The van der Waals surface area contributed by atoms with Gasteiger partial charge in [0.05, 0.1) is 10.8 Å². The van der Waals surface area contributed by atoms with Crippen molar-refractivity contribution in [2.24, 2.45) is 45.3 Å². The number of benzene rings is 1. The third kappa shape index (κ3) is 2.26. The van der Waals surface area contributed by atoms with Crippen molar-refractivity contribution in [3.05, 3.63) is 46.5 Å². The normalized spacial score (nSPS) is 34.9. The number of primary amides is 2. The first-order valence-electron chi connectivity index (χ1n) is 9.58. The maximum atomic E-state index is 13.1. The SMILES string of the molecule is NCCC[C@@]1(C(N)=O)[C@@H]2C=C[C@@H](C23CC3)[C@@]1(Cc1ccc(Br)cc1)C(N)=O. The van der Waals surface area contributed by atoms with E-state index < -0.39 is 22.6 Å². The van der Waals surface area contributed by atoms with Gasteiger partial charge < -0.3 is 17.2 Å². The van der Waals surface area contributed by atoms with Crippen LogP contribution >= 0.6 is 15.9 Å². The molecule has 6 heteroatoms. The van der Waals surface area contributed by atoms with E-state index in [0.717, 1.165) is 22.9 Å². The van der Waals surface area contributed by atoms with E-state index in [9.17, 15) is 9.59 Å². The number of hydrogen-bond acceptors (Lipinski definition) is 3. The fourth-order valence-electron chi connectivity index (χ4n) is 6.34. The third-order valence-electron chi connectivity index (χ3n) is 7.47. The van der Waals surface area contributed by atoms with Gasteiger partial charge in [0, 0.05) is 4.47 Å². The number of allylic oxidation sites excluding steroid dienone is 2. The Kier molecular flexibility index (Phi) is 4.27. The van der Waals surface area contributed by atoms with Crippen LogP contribution in [0.2, 0.25) is 0 Å². The van der Waals surface area contributed by atoms with Crippen LogP contribution in [0.1, 0.15) is 31.2 Å². The minimum absolute atomic E-state index is 0.0259. The predicted molar refractivity (Wildman–Crippen MR) is 107 cm³/mol. The van der Waals surface area contributed by atoms with Gasteiger partial charge in [-0.05, 0) is 73.6 Å². The molecule has 1 spiro atoms. The van der Waals surface area contributed by atoms with Crippen molar-refractivity contribution in [2.45, 2.75) is 32.1 Å². The summed E-state index contributed by atoms with van der Waals surface area (Å²) in [5.41, 5.74) is 17.0. The summed E-state index contributed by atoms with van der Waals surface area (Å²) < 4.78 is 0.968. The van der Waals surface area contributed by atoms with Gasteiger partial charge in [0.25, 0.3) is 0 Å². The first kappa shape index (κ1) is 18.7. The van der Waals surface area contributed by atoms with E-state index >= 15 is 0 Å². The summed E-state index contributed by atoms with van der Waals surface area (Å²) in [7, 11) is 0. The van der Waals surface area contributed by atoms with E-state index in [1.807, 2.05) is 24.3 Å². The number of rotatable bonds is 7. The minimum atomic E-state index is -1.00. The second-order valence-corrected chi connectivity index (χ2v) is 9.36. The van der Waals surface area contributed by atoms with Crippen molar-refractivity contribution < 1.29 is 9.59 Å². The number of hydrogen-bond donors (Lipinski definition) is 3. The summed E-state index contributed by atoms with van der Waals surface area (Å²) in [5, 5.41) is 0. The van der Waals surface area contributed by atoms with Gasteiger partial charge in [0.15, 0.2) is 0 Å². The van der Waals surface area contributed by atoms with Gasteiger partial charge in [-0.25, -0.2) is 0 Å². The number of carbonyl (C=O) groups is 2. The molecule has 4 rings (SSSR count). The molecular formula is C21H26BrN3O2. The Labute approximate surface area is 167 Å². The molecule has 144 valence electrons. The predicted octanol–water partition coefficient (Wildman–Crippen LogP) is 2.27. The highest BCUT2D eigenvalue weighted by Gasteiger charge is 2.81. The third-order valence-corrected chi connectivity index (χ3v) is 8.00. The zero-order valence-corrected chi connectivity index (χ0v) is 16.9. The van der Waals surface area contributed by atoms with Crippen LogP contribution in [0.15, 0.2) is 40.9 Å². The monoisotopic (exact) mass is 431 g/mol. The molecule has 0 aromatic heterocycles. The van der Waals surface area contributed by atoms with E-state index in [-0.39, 0.29) is 17.3 Å². The van der Waals surface area contributed by atoms with Crippen LogP contribution in [-0.2, 0) is 16.0 Å². The maximum absolute atomic E-state index is 13.1. The zero-order chi connectivity index (χ0) is 19.4. The Morgan fingerprint density at radius 2 is 1.56 bits per heavy atom. The lowest BCUT2D eigenvalue weighted by Gasteiger charge is -2.48. The van der Waals surface area contributed by atoms with Gasteiger partial charge in [0.1, 0.15) is 0 Å². The van der Waals surface area contributed by atoms with Gasteiger partial charge in [-0.3, -0.25) is 9.59 Å². The smallest absolute Gasteiger partial charge is 0.225 e. The standard InChI is InChI=1S/C21H26BrN3O2/c22-14-4-2-13(3-5-14)12-21(18(25)27)16-7-6-15(19(16)9-10-19)20(21,17(24)26)8-1-11-23/h2-7,15-16H,1,8-12,23H2,(H2,24,26)(H2,25,27)/t15-,16+,20+,21+/m1/s1. The highest BCUT2D eigenvalue weighted by atomic mass is 79.9. The second-order valence-electron chi connectivity index (χ2n) is 8.44. The molecule has 0 unspecified atom stereocenters. The van der Waals surface area contributed by atoms with E-state index in [2.05, 4.69) is 28.1 Å². The van der Waals surface area contributed by atoms with Crippen molar-refractivity contribution in [2.75, 3.05) is 6.54 Å². The van der Waals surface area contributed by atoms with Gasteiger partial charge >= 0.3 is 0 Å². The van der Waals surface area contributed by atoms with Gasteiger partial charge in [0.2, 0.25) is 11.8 Å². The van der Waals surface area contributed by atoms with Crippen LogP contribution in [0.4, 0.5) is 0 Å². The average Bonchev–Trinajstić information content (AvgIpc) is 3.29. The van der Waals surface area contributed by atoms with E-state index in [0.29, 0.717) is 25.8 Å². The molecule has 2 fully saturated rings. The van der Waals surface area contributed by atoms with Crippen LogP contribution in [0, 0.1) is 28.1 Å². The van der Waals surface area contributed by atoms with Crippen molar-refractivity contribution in [1.82, 2.24) is 0 Å². The van der Waals surface area contributed by atoms with Crippen LogP contribution in [0.3, 0.4) is 0 Å². The lowest BCUT2D eigenvalue weighted by molar-refractivity contribution is -0.151. The molecular weight excluding hydrogens is 406 g/mol. The van der Waals surface area contributed by atoms with Gasteiger partial charge in [-0.1, -0.05) is 40.2 Å². The Balaban J connectivity index is 1.90. The number of nitrogens with two attached hydrogens (primary N) is 3.